The molecule has 0 saturated carbocycles. The lowest BCUT2D eigenvalue weighted by Crippen LogP contribution is -2.71. The molecule has 0 aromatic carbocycles. The van der Waals surface area contributed by atoms with Gasteiger partial charge in [-0.2, -0.15) is 0 Å². The van der Waals surface area contributed by atoms with Crippen LogP contribution in [0.3, 0.4) is 0 Å². The molecule has 24 heavy (non-hydrogen) atoms. The third-order valence-corrected chi connectivity index (χ3v) is 88.9. The molecule has 0 atom stereocenters. The van der Waals surface area contributed by atoms with Crippen LogP contribution >= 0.6 is 0 Å². The molecule has 0 spiro atoms. The van der Waals surface area contributed by atoms with Gasteiger partial charge in [0.2, 0.25) is 0 Å². The third-order valence-electron chi connectivity index (χ3n) is 7.77. The van der Waals surface area contributed by atoms with E-state index in [2.05, 4.69) is 91.7 Å². The van der Waals surface area contributed by atoms with Gasteiger partial charge in [0.05, 0.1) is 27.4 Å². The molecule has 0 heterocycles. The molecule has 0 radical (unpaired) electrons. The predicted octanol–water partition coefficient (Wildman–Crippen LogP) is 5.84. The minimum Gasteiger partial charge on any atom is -0.418 e. The highest BCUT2D eigenvalue weighted by atomic mass is 29.7. The lowest BCUT2D eigenvalue weighted by Gasteiger charge is -2.47. The third kappa shape index (κ3) is 5.37. The molecule has 0 rings (SSSR count). The molecule has 0 fully saturated rings. The van der Waals surface area contributed by atoms with Crippen molar-refractivity contribution >= 4 is 45.1 Å². The molecule has 0 aliphatic carbocycles. The maximum absolute atomic E-state index is 6.57. The van der Waals surface area contributed by atoms with Gasteiger partial charge in [-0.1, -0.05) is 65.5 Å². The van der Waals surface area contributed by atoms with E-state index in [1.165, 1.54) is 0 Å². The van der Waals surface area contributed by atoms with Crippen LogP contribution in [-0.4, -0.2) is 58.3 Å². The van der Waals surface area contributed by atoms with Crippen LogP contribution in [0, 0.1) is 0 Å². The fraction of sp³-hybridized carbons (Fsp3) is 1.00. The van der Waals surface area contributed by atoms with Crippen molar-refractivity contribution in [3.8, 4) is 0 Å². The van der Waals surface area contributed by atoms with Crippen LogP contribution < -0.4 is 0 Å². The van der Waals surface area contributed by atoms with Crippen molar-refractivity contribution in [3.63, 3.8) is 0 Å². The fourth-order valence-corrected chi connectivity index (χ4v) is 55.7. The van der Waals surface area contributed by atoms with Gasteiger partial charge in [-0.05, 0) is 26.2 Å². The molecule has 0 amide bonds. The number of hydrogen-bond donors (Lipinski definition) is 0. The first kappa shape index (κ1) is 25.2. The van der Waals surface area contributed by atoms with E-state index >= 15 is 0 Å². The van der Waals surface area contributed by atoms with Crippen LogP contribution in [-0.2, 0) is 8.85 Å². The number of hydrogen-bond acceptors (Lipinski definition) is 2. The smallest absolute Gasteiger partial charge is 0.171 e. The Morgan fingerprint density at radius 3 is 0.792 bits per heavy atom. The second-order valence-corrected chi connectivity index (χ2v) is 67.8. The van der Waals surface area contributed by atoms with Crippen LogP contribution in [0.4, 0.5) is 0 Å². The first-order chi connectivity index (χ1) is 10.2. The van der Waals surface area contributed by atoms with Gasteiger partial charge in [0.15, 0.2) is 15.7 Å². The Morgan fingerprint density at radius 2 is 0.625 bits per heavy atom. The Hall–Kier alpha value is 1.22. The SMILES string of the molecule is C[Si](C)(C)[Si](C)(C)[Si](C)(C)OCCO[Si](C)(C)[Si](C)(C)[Si](C)(C)C. The minimum atomic E-state index is -1.59. The van der Waals surface area contributed by atoms with Crippen molar-refractivity contribution < 1.29 is 8.85 Å². The highest BCUT2D eigenvalue weighted by molar-refractivity contribution is 7.67. The molecule has 0 saturated heterocycles. The van der Waals surface area contributed by atoms with E-state index in [9.17, 15) is 0 Å². The van der Waals surface area contributed by atoms with Gasteiger partial charge < -0.3 is 8.85 Å². The molecular weight excluding hydrogens is 393 g/mol. The van der Waals surface area contributed by atoms with Gasteiger partial charge in [0.1, 0.15) is 0 Å². The van der Waals surface area contributed by atoms with Crippen LogP contribution in [0.1, 0.15) is 0 Å². The molecule has 8 heteroatoms. The number of rotatable bonds is 9. The predicted molar refractivity (Wildman–Crippen MR) is 129 cm³/mol. The Kier molecular flexibility index (Phi) is 8.08. The summed E-state index contributed by atoms with van der Waals surface area (Å²) in [6.45, 7) is 37.0. The quantitative estimate of drug-likeness (QED) is 0.332. The summed E-state index contributed by atoms with van der Waals surface area (Å²) in [5, 5.41) is 0. The summed E-state index contributed by atoms with van der Waals surface area (Å²) in [6, 6.07) is 0. The molecule has 0 bridgehead atoms. The van der Waals surface area contributed by atoms with E-state index in [1.54, 1.807) is 0 Å². The highest BCUT2D eigenvalue weighted by Crippen LogP contribution is 2.31. The zero-order chi connectivity index (χ0) is 19.8. The molecule has 0 aliphatic heterocycles. The van der Waals surface area contributed by atoms with E-state index in [0.717, 1.165) is 13.2 Å². The summed E-state index contributed by atoms with van der Waals surface area (Å²) < 4.78 is 13.1. The lowest BCUT2D eigenvalue weighted by atomic mass is 10.8. The molecule has 0 aromatic rings. The van der Waals surface area contributed by atoms with Gasteiger partial charge in [-0.15, -0.1) is 0 Å². The van der Waals surface area contributed by atoms with Crippen LogP contribution in [0.5, 0.6) is 0 Å². The molecule has 0 N–H and O–H groups in total. The largest absolute Gasteiger partial charge is 0.418 e. The van der Waals surface area contributed by atoms with Crippen molar-refractivity contribution in [1.82, 2.24) is 0 Å². The second kappa shape index (κ2) is 7.69. The lowest BCUT2D eigenvalue weighted by molar-refractivity contribution is 0.214. The normalized spacial score (nSPS) is 15.8. The summed E-state index contributed by atoms with van der Waals surface area (Å²) in [6.07, 6.45) is 0. The van der Waals surface area contributed by atoms with Gasteiger partial charge in [-0.25, -0.2) is 0 Å². The Morgan fingerprint density at radius 1 is 0.417 bits per heavy atom. The molecule has 2 nitrogen and oxygen atoms in total. The summed E-state index contributed by atoms with van der Waals surface area (Å²) in [4.78, 5) is 0. The van der Waals surface area contributed by atoms with E-state index < -0.39 is 45.1 Å². The molecule has 0 aromatic heterocycles. The standard InChI is InChI=1S/C16H46O2Si6/c1-19(2,3)23(11,12)21(7,8)17-15-16-18-22(9,10)24(13,14)20(4,5)6/h15-16H2,1-14H3. The van der Waals surface area contributed by atoms with Gasteiger partial charge in [0.25, 0.3) is 0 Å². The average molecular weight is 439 g/mol. The summed E-state index contributed by atoms with van der Waals surface area (Å²) in [7, 11) is -7.95. The summed E-state index contributed by atoms with van der Waals surface area (Å²) in [5.41, 5.74) is 0. The Balaban J connectivity index is 4.81. The maximum Gasteiger partial charge on any atom is 0.171 e. The zero-order valence-electron chi connectivity index (χ0n) is 19.2. The van der Waals surface area contributed by atoms with E-state index in [4.69, 9.17) is 8.85 Å². The first-order valence-electron chi connectivity index (χ1n) is 9.49. The Labute approximate surface area is 158 Å². The van der Waals surface area contributed by atoms with Crippen LogP contribution in [0.15, 0.2) is 0 Å². The fourth-order valence-electron chi connectivity index (χ4n) is 2.76. The van der Waals surface area contributed by atoms with Crippen molar-refractivity contribution in [2.24, 2.45) is 0 Å². The maximum atomic E-state index is 6.57. The molecule has 0 aliphatic rings. The molecule has 146 valence electrons. The van der Waals surface area contributed by atoms with E-state index in [0.29, 0.717) is 0 Å². The average Bonchev–Trinajstić information content (AvgIpc) is 2.31. The molecule has 0 unspecified atom stereocenters. The summed E-state index contributed by atoms with van der Waals surface area (Å²) in [5.74, 6) is 0. The first-order valence-corrected chi connectivity index (χ1v) is 32.3. The van der Waals surface area contributed by atoms with Crippen LogP contribution in [0.2, 0.25) is 91.7 Å². The minimum absolute atomic E-state index is 0.812. The van der Waals surface area contributed by atoms with Crippen molar-refractivity contribution in [1.29, 1.82) is 0 Å². The van der Waals surface area contributed by atoms with Gasteiger partial charge in [0, 0.05) is 15.2 Å². The van der Waals surface area contributed by atoms with Crippen molar-refractivity contribution in [3.05, 3.63) is 0 Å². The highest BCUT2D eigenvalue weighted by Gasteiger charge is 2.52. The second-order valence-electron chi connectivity index (χ2n) is 11.5. The van der Waals surface area contributed by atoms with E-state index in [1.807, 2.05) is 0 Å². The van der Waals surface area contributed by atoms with Gasteiger partial charge >= 0.3 is 0 Å². The van der Waals surface area contributed by atoms with E-state index in [-0.39, 0.29) is 0 Å². The topological polar surface area (TPSA) is 18.5 Å². The van der Waals surface area contributed by atoms with Gasteiger partial charge in [-0.3, -0.25) is 0 Å². The van der Waals surface area contributed by atoms with Crippen molar-refractivity contribution in [2.45, 2.75) is 91.7 Å². The Bertz CT molecular complexity index is 379. The van der Waals surface area contributed by atoms with Crippen LogP contribution in [0.25, 0.3) is 0 Å². The summed E-state index contributed by atoms with van der Waals surface area (Å²) >= 11 is 0. The zero-order valence-corrected chi connectivity index (χ0v) is 25.2. The molecular formula is C16H46O2Si6. The monoisotopic (exact) mass is 438 g/mol. The van der Waals surface area contributed by atoms with Crippen molar-refractivity contribution in [2.75, 3.05) is 13.2 Å².